The van der Waals surface area contributed by atoms with E-state index >= 15 is 0 Å². The Labute approximate surface area is 124 Å². The fourth-order valence-corrected chi connectivity index (χ4v) is 1.39. The van der Waals surface area contributed by atoms with E-state index in [0.717, 1.165) is 5.56 Å². The number of hydrogen-bond donors (Lipinski definition) is 0. The molecule has 0 aliphatic rings. The standard InChI is InChI=1S/C16H20N2O3/c1-16(2,3)14(19)10-13(15(20)21-4)18-17-11-12-8-6-5-7-9-12/h5-9,11H,10H2,1-4H3. The highest BCUT2D eigenvalue weighted by molar-refractivity contribution is 6.40. The predicted molar refractivity (Wildman–Crippen MR) is 82.6 cm³/mol. The molecule has 0 bridgehead atoms. The molecule has 0 atom stereocenters. The summed E-state index contributed by atoms with van der Waals surface area (Å²) in [6.45, 7) is 5.37. The number of methoxy groups -OCH3 is 1. The molecule has 0 unspecified atom stereocenters. The monoisotopic (exact) mass is 288 g/mol. The van der Waals surface area contributed by atoms with Gasteiger partial charge in [-0.3, -0.25) is 4.79 Å². The summed E-state index contributed by atoms with van der Waals surface area (Å²) in [6.07, 6.45) is 1.42. The largest absolute Gasteiger partial charge is 0.464 e. The number of carbonyl (C=O) groups is 2. The Hall–Kier alpha value is -2.30. The van der Waals surface area contributed by atoms with Gasteiger partial charge in [-0.1, -0.05) is 51.1 Å². The van der Waals surface area contributed by atoms with Gasteiger partial charge in [0, 0.05) is 5.41 Å². The van der Waals surface area contributed by atoms with Crippen LogP contribution in [-0.4, -0.2) is 30.8 Å². The van der Waals surface area contributed by atoms with Crippen molar-refractivity contribution in [1.82, 2.24) is 0 Å². The van der Waals surface area contributed by atoms with Crippen LogP contribution in [-0.2, 0) is 14.3 Å². The summed E-state index contributed by atoms with van der Waals surface area (Å²) in [5.74, 6) is -0.737. The average Bonchev–Trinajstić information content (AvgIpc) is 2.45. The van der Waals surface area contributed by atoms with Crippen molar-refractivity contribution in [3.63, 3.8) is 0 Å². The van der Waals surface area contributed by atoms with E-state index in [9.17, 15) is 9.59 Å². The molecule has 0 N–H and O–H groups in total. The van der Waals surface area contributed by atoms with Gasteiger partial charge >= 0.3 is 5.97 Å². The molecule has 21 heavy (non-hydrogen) atoms. The summed E-state index contributed by atoms with van der Waals surface area (Å²) in [7, 11) is 1.25. The van der Waals surface area contributed by atoms with Gasteiger partial charge in [0.05, 0.1) is 19.7 Å². The van der Waals surface area contributed by atoms with Gasteiger partial charge in [0.1, 0.15) is 5.78 Å². The fourth-order valence-electron chi connectivity index (χ4n) is 1.39. The van der Waals surface area contributed by atoms with Gasteiger partial charge in [0.2, 0.25) is 0 Å². The smallest absolute Gasteiger partial charge is 0.354 e. The zero-order valence-electron chi connectivity index (χ0n) is 12.8. The van der Waals surface area contributed by atoms with Crippen LogP contribution in [0.15, 0.2) is 40.5 Å². The molecule has 0 saturated heterocycles. The Balaban J connectivity index is 2.88. The van der Waals surface area contributed by atoms with Gasteiger partial charge in [-0.25, -0.2) is 4.79 Å². The molecule has 1 aromatic carbocycles. The Bertz CT molecular complexity index is 555. The van der Waals surface area contributed by atoms with E-state index in [0.29, 0.717) is 0 Å². The van der Waals surface area contributed by atoms with Crippen molar-refractivity contribution < 1.29 is 14.3 Å². The van der Waals surface area contributed by atoms with Gasteiger partial charge in [-0.05, 0) is 5.56 Å². The lowest BCUT2D eigenvalue weighted by molar-refractivity contribution is -0.134. The topological polar surface area (TPSA) is 68.1 Å². The van der Waals surface area contributed by atoms with E-state index in [1.165, 1.54) is 13.3 Å². The van der Waals surface area contributed by atoms with Crippen LogP contribution in [0, 0.1) is 5.41 Å². The van der Waals surface area contributed by atoms with Crippen LogP contribution in [0.2, 0.25) is 0 Å². The summed E-state index contributed by atoms with van der Waals surface area (Å²) >= 11 is 0. The number of esters is 1. The Morgan fingerprint density at radius 1 is 1.19 bits per heavy atom. The molecular weight excluding hydrogens is 268 g/mol. The van der Waals surface area contributed by atoms with Crippen LogP contribution in [0.1, 0.15) is 32.8 Å². The maximum absolute atomic E-state index is 12.0. The molecule has 0 radical (unpaired) electrons. The van der Waals surface area contributed by atoms with Crippen LogP contribution >= 0.6 is 0 Å². The Morgan fingerprint density at radius 2 is 1.81 bits per heavy atom. The third-order valence-corrected chi connectivity index (χ3v) is 2.77. The van der Waals surface area contributed by atoms with Crippen molar-refractivity contribution in [1.29, 1.82) is 0 Å². The molecule has 5 nitrogen and oxygen atoms in total. The molecule has 0 saturated carbocycles. The van der Waals surface area contributed by atoms with Crippen molar-refractivity contribution in [2.75, 3.05) is 7.11 Å². The summed E-state index contributed by atoms with van der Waals surface area (Å²) < 4.78 is 4.63. The van der Waals surface area contributed by atoms with Crippen molar-refractivity contribution in [2.45, 2.75) is 27.2 Å². The van der Waals surface area contributed by atoms with Crippen LogP contribution in [0.3, 0.4) is 0 Å². The second-order valence-electron chi connectivity index (χ2n) is 5.54. The van der Waals surface area contributed by atoms with Gasteiger partial charge in [0.15, 0.2) is 5.71 Å². The van der Waals surface area contributed by atoms with Gasteiger partial charge in [0.25, 0.3) is 0 Å². The normalized spacial score (nSPS) is 12.5. The number of rotatable bonds is 5. The molecule has 0 aliphatic carbocycles. The van der Waals surface area contributed by atoms with E-state index < -0.39 is 11.4 Å². The number of ketones is 1. The first-order chi connectivity index (χ1) is 9.84. The molecule has 1 aromatic rings. The zero-order valence-corrected chi connectivity index (χ0v) is 12.8. The second-order valence-corrected chi connectivity index (χ2v) is 5.54. The summed E-state index contributed by atoms with van der Waals surface area (Å²) in [5, 5.41) is 7.69. The maximum Gasteiger partial charge on any atom is 0.354 e. The Morgan fingerprint density at radius 3 is 2.33 bits per heavy atom. The van der Waals surface area contributed by atoms with Crippen LogP contribution in [0.5, 0.6) is 0 Å². The lowest BCUT2D eigenvalue weighted by Crippen LogP contribution is -2.27. The highest BCUT2D eigenvalue weighted by Crippen LogP contribution is 2.17. The number of nitrogens with zero attached hydrogens (tertiary/aromatic N) is 2. The summed E-state index contributed by atoms with van der Waals surface area (Å²) in [5.41, 5.74) is 0.315. The van der Waals surface area contributed by atoms with Gasteiger partial charge < -0.3 is 4.74 Å². The molecule has 0 spiro atoms. The zero-order chi connectivity index (χ0) is 15.9. The fraction of sp³-hybridized carbons (Fsp3) is 0.375. The van der Waals surface area contributed by atoms with E-state index in [-0.39, 0.29) is 17.9 Å². The third kappa shape index (κ3) is 5.69. The van der Waals surface area contributed by atoms with Gasteiger partial charge in [-0.2, -0.15) is 5.10 Å². The number of carbonyl (C=O) groups excluding carboxylic acids is 2. The first-order valence-corrected chi connectivity index (χ1v) is 6.61. The highest BCUT2D eigenvalue weighted by Gasteiger charge is 2.25. The van der Waals surface area contributed by atoms with Crippen molar-refractivity contribution in [2.24, 2.45) is 15.6 Å². The van der Waals surface area contributed by atoms with Gasteiger partial charge in [-0.15, -0.1) is 5.10 Å². The number of Topliss-reactive ketones (excluding diaryl/α,β-unsaturated/α-hetero) is 1. The lowest BCUT2D eigenvalue weighted by atomic mass is 9.88. The van der Waals surface area contributed by atoms with E-state index in [4.69, 9.17) is 0 Å². The molecule has 0 fully saturated rings. The molecule has 1 rings (SSSR count). The van der Waals surface area contributed by atoms with Crippen molar-refractivity contribution >= 4 is 23.7 Å². The molecule has 0 aliphatic heterocycles. The van der Waals surface area contributed by atoms with E-state index in [2.05, 4.69) is 14.9 Å². The number of ether oxygens (including phenoxy) is 1. The van der Waals surface area contributed by atoms with Crippen LogP contribution in [0.25, 0.3) is 0 Å². The predicted octanol–water partition coefficient (Wildman–Crippen LogP) is 2.64. The summed E-state index contributed by atoms with van der Waals surface area (Å²) in [6, 6.07) is 9.35. The highest BCUT2D eigenvalue weighted by atomic mass is 16.5. The minimum absolute atomic E-state index is 0.00426. The molecular formula is C16H20N2O3. The first-order valence-electron chi connectivity index (χ1n) is 6.61. The molecule has 0 amide bonds. The first kappa shape index (κ1) is 16.8. The van der Waals surface area contributed by atoms with Crippen molar-refractivity contribution in [3.8, 4) is 0 Å². The van der Waals surface area contributed by atoms with E-state index in [1.54, 1.807) is 20.8 Å². The molecule has 0 aromatic heterocycles. The average molecular weight is 288 g/mol. The minimum Gasteiger partial charge on any atom is -0.464 e. The third-order valence-electron chi connectivity index (χ3n) is 2.77. The van der Waals surface area contributed by atoms with Crippen molar-refractivity contribution in [3.05, 3.63) is 35.9 Å². The van der Waals surface area contributed by atoms with E-state index in [1.807, 2.05) is 30.3 Å². The molecule has 112 valence electrons. The Kier molecular flexibility index (Phi) is 5.96. The second kappa shape index (κ2) is 7.47. The lowest BCUT2D eigenvalue weighted by Gasteiger charge is -2.16. The minimum atomic E-state index is -0.641. The SMILES string of the molecule is COC(=O)C(CC(=O)C(C)(C)C)=NN=Cc1ccccc1. The quantitative estimate of drug-likeness (QED) is 0.475. The summed E-state index contributed by atoms with van der Waals surface area (Å²) in [4.78, 5) is 23.6. The molecule has 5 heteroatoms. The maximum atomic E-state index is 12.0. The number of benzene rings is 1. The van der Waals surface area contributed by atoms with Crippen LogP contribution < -0.4 is 0 Å². The molecule has 0 heterocycles. The van der Waals surface area contributed by atoms with Crippen LogP contribution in [0.4, 0.5) is 0 Å². The number of hydrogen-bond acceptors (Lipinski definition) is 5.